The molecule has 5 rings (SSSR count). The summed E-state index contributed by atoms with van der Waals surface area (Å²) in [6.45, 7) is 6.19. The molecule has 0 bridgehead atoms. The Labute approximate surface area is 163 Å². The van der Waals surface area contributed by atoms with Gasteiger partial charge in [-0.25, -0.2) is 4.68 Å². The molecular weight excluding hydrogens is 352 g/mol. The van der Waals surface area contributed by atoms with Crippen LogP contribution in [0.4, 0.5) is 0 Å². The van der Waals surface area contributed by atoms with Crippen molar-refractivity contribution in [1.29, 1.82) is 0 Å². The van der Waals surface area contributed by atoms with Crippen molar-refractivity contribution in [3.63, 3.8) is 0 Å². The van der Waals surface area contributed by atoms with E-state index in [1.807, 2.05) is 24.3 Å². The van der Waals surface area contributed by atoms with E-state index in [1.165, 1.54) is 11.1 Å². The maximum Gasteiger partial charge on any atom is 0.275 e. The van der Waals surface area contributed by atoms with Gasteiger partial charge in [0.2, 0.25) is 0 Å². The second-order valence-corrected chi connectivity index (χ2v) is 7.61. The lowest BCUT2D eigenvalue weighted by atomic mass is 10.1. The summed E-state index contributed by atoms with van der Waals surface area (Å²) in [5, 5.41) is 5.99. The van der Waals surface area contributed by atoms with Gasteiger partial charge in [-0.3, -0.25) is 14.6 Å². The minimum absolute atomic E-state index is 0.0131. The van der Waals surface area contributed by atoms with Gasteiger partial charge in [-0.1, -0.05) is 30.3 Å². The van der Waals surface area contributed by atoms with Crippen LogP contribution in [0.3, 0.4) is 0 Å². The molecule has 0 radical (unpaired) electrons. The number of rotatable bonds is 4. The Hall–Kier alpha value is -2.70. The summed E-state index contributed by atoms with van der Waals surface area (Å²) in [6, 6.07) is 14.2. The SMILES string of the molecule is O=c1c2ccccc2cnn1CN1CCN(Cc2ccc3c(c2)CCO3)CC1. The van der Waals surface area contributed by atoms with E-state index in [-0.39, 0.29) is 5.56 Å². The lowest BCUT2D eigenvalue weighted by molar-refractivity contribution is 0.0972. The van der Waals surface area contributed by atoms with Gasteiger partial charge in [0.05, 0.1) is 24.9 Å². The summed E-state index contributed by atoms with van der Waals surface area (Å²) < 4.78 is 7.18. The van der Waals surface area contributed by atoms with Crippen LogP contribution in [0.25, 0.3) is 10.8 Å². The smallest absolute Gasteiger partial charge is 0.275 e. The first-order valence-electron chi connectivity index (χ1n) is 9.90. The molecule has 2 aliphatic heterocycles. The number of hydrogen-bond donors (Lipinski definition) is 0. The molecule has 0 spiro atoms. The van der Waals surface area contributed by atoms with E-state index in [2.05, 4.69) is 33.1 Å². The number of fused-ring (bicyclic) bond motifs is 2. The predicted octanol–water partition coefficient (Wildman–Crippen LogP) is 2.11. The van der Waals surface area contributed by atoms with Crippen molar-refractivity contribution < 1.29 is 4.74 Å². The van der Waals surface area contributed by atoms with E-state index in [0.29, 0.717) is 6.67 Å². The lowest BCUT2D eigenvalue weighted by Crippen LogP contribution is -2.47. The molecule has 0 amide bonds. The van der Waals surface area contributed by atoms with Gasteiger partial charge in [-0.15, -0.1) is 0 Å². The summed E-state index contributed by atoms with van der Waals surface area (Å²) in [6.07, 6.45) is 2.80. The van der Waals surface area contributed by atoms with Crippen LogP contribution in [-0.4, -0.2) is 52.4 Å². The number of nitrogens with zero attached hydrogens (tertiary/aromatic N) is 4. The molecule has 3 heterocycles. The number of ether oxygens (including phenoxy) is 1. The normalized spacial score (nSPS) is 17.6. The Bertz CT molecular complexity index is 1050. The quantitative estimate of drug-likeness (QED) is 0.698. The second kappa shape index (κ2) is 7.37. The summed E-state index contributed by atoms with van der Waals surface area (Å²) in [4.78, 5) is 17.4. The molecule has 144 valence electrons. The van der Waals surface area contributed by atoms with Crippen molar-refractivity contribution in [2.75, 3.05) is 32.8 Å². The maximum atomic E-state index is 12.7. The van der Waals surface area contributed by atoms with Crippen LogP contribution in [0.15, 0.2) is 53.5 Å². The standard InChI is InChI=1S/C22H24N4O2/c27-22-20-4-2-1-3-19(20)14-23-26(22)16-25-10-8-24(9-11-25)15-17-5-6-21-18(13-17)7-12-28-21/h1-6,13-14H,7-12,15-16H2. The molecule has 6 heteroatoms. The van der Waals surface area contributed by atoms with Crippen molar-refractivity contribution in [1.82, 2.24) is 19.6 Å². The van der Waals surface area contributed by atoms with Crippen LogP contribution in [0, 0.1) is 0 Å². The van der Waals surface area contributed by atoms with Gasteiger partial charge in [-0.2, -0.15) is 5.10 Å². The zero-order valence-electron chi connectivity index (χ0n) is 15.9. The Morgan fingerprint density at radius 3 is 2.71 bits per heavy atom. The maximum absolute atomic E-state index is 12.7. The third-order valence-electron chi connectivity index (χ3n) is 5.72. The monoisotopic (exact) mass is 376 g/mol. The topological polar surface area (TPSA) is 50.6 Å². The molecular formula is C22H24N4O2. The number of hydrogen-bond acceptors (Lipinski definition) is 5. The Balaban J connectivity index is 1.21. The van der Waals surface area contributed by atoms with Gasteiger partial charge in [0.25, 0.3) is 5.56 Å². The van der Waals surface area contributed by atoms with Gasteiger partial charge in [0, 0.05) is 44.5 Å². The highest BCUT2D eigenvalue weighted by molar-refractivity contribution is 5.80. The van der Waals surface area contributed by atoms with E-state index >= 15 is 0 Å². The van der Waals surface area contributed by atoms with Crippen molar-refractivity contribution >= 4 is 10.8 Å². The molecule has 0 atom stereocenters. The van der Waals surface area contributed by atoms with E-state index in [4.69, 9.17) is 4.74 Å². The van der Waals surface area contributed by atoms with Crippen molar-refractivity contribution in [2.24, 2.45) is 0 Å². The molecule has 1 fully saturated rings. The Morgan fingerprint density at radius 1 is 1.00 bits per heavy atom. The summed E-state index contributed by atoms with van der Waals surface area (Å²) >= 11 is 0. The molecule has 6 nitrogen and oxygen atoms in total. The minimum Gasteiger partial charge on any atom is -0.493 e. The fourth-order valence-corrected chi connectivity index (χ4v) is 4.10. The lowest BCUT2D eigenvalue weighted by Gasteiger charge is -2.34. The van der Waals surface area contributed by atoms with Crippen LogP contribution >= 0.6 is 0 Å². The third kappa shape index (κ3) is 3.41. The first-order valence-corrected chi connectivity index (χ1v) is 9.90. The highest BCUT2D eigenvalue weighted by Gasteiger charge is 2.19. The number of benzene rings is 2. The summed E-state index contributed by atoms with van der Waals surface area (Å²) in [5.74, 6) is 1.04. The average Bonchev–Trinajstić information content (AvgIpc) is 3.20. The molecule has 0 N–H and O–H groups in total. The van der Waals surface area contributed by atoms with E-state index in [0.717, 1.165) is 62.3 Å². The van der Waals surface area contributed by atoms with Crippen LogP contribution < -0.4 is 10.3 Å². The van der Waals surface area contributed by atoms with Crippen molar-refractivity contribution in [3.8, 4) is 5.75 Å². The summed E-state index contributed by atoms with van der Waals surface area (Å²) in [5.41, 5.74) is 2.67. The van der Waals surface area contributed by atoms with Gasteiger partial charge in [-0.05, 0) is 23.3 Å². The molecule has 0 saturated carbocycles. The molecule has 0 unspecified atom stereocenters. The van der Waals surface area contributed by atoms with E-state index in [9.17, 15) is 4.79 Å². The van der Waals surface area contributed by atoms with Crippen LogP contribution in [0.5, 0.6) is 5.75 Å². The van der Waals surface area contributed by atoms with Gasteiger partial charge >= 0.3 is 0 Å². The van der Waals surface area contributed by atoms with Crippen LogP contribution in [0.2, 0.25) is 0 Å². The molecule has 28 heavy (non-hydrogen) atoms. The highest BCUT2D eigenvalue weighted by atomic mass is 16.5. The number of aromatic nitrogens is 2. The van der Waals surface area contributed by atoms with Crippen molar-refractivity contribution in [2.45, 2.75) is 19.6 Å². The third-order valence-corrected chi connectivity index (χ3v) is 5.72. The van der Waals surface area contributed by atoms with Gasteiger partial charge in [0.1, 0.15) is 5.75 Å². The van der Waals surface area contributed by atoms with Crippen LogP contribution in [0.1, 0.15) is 11.1 Å². The van der Waals surface area contributed by atoms with Crippen LogP contribution in [-0.2, 0) is 19.6 Å². The minimum atomic E-state index is -0.0131. The first-order chi connectivity index (χ1) is 13.8. The molecule has 1 saturated heterocycles. The van der Waals surface area contributed by atoms with Gasteiger partial charge in [0.15, 0.2) is 0 Å². The second-order valence-electron chi connectivity index (χ2n) is 7.61. The Morgan fingerprint density at radius 2 is 1.82 bits per heavy atom. The fourth-order valence-electron chi connectivity index (χ4n) is 4.10. The zero-order valence-corrected chi connectivity index (χ0v) is 15.9. The fraction of sp³-hybridized carbons (Fsp3) is 0.364. The molecule has 0 aliphatic carbocycles. The summed E-state index contributed by atoms with van der Waals surface area (Å²) in [7, 11) is 0. The van der Waals surface area contributed by atoms with Gasteiger partial charge < -0.3 is 4.74 Å². The molecule has 1 aromatic heterocycles. The zero-order chi connectivity index (χ0) is 18.9. The first kappa shape index (κ1) is 17.4. The number of piperazine rings is 1. The largest absolute Gasteiger partial charge is 0.493 e. The predicted molar refractivity (Wildman–Crippen MR) is 108 cm³/mol. The van der Waals surface area contributed by atoms with Crippen molar-refractivity contribution in [3.05, 3.63) is 70.1 Å². The molecule has 2 aromatic carbocycles. The highest BCUT2D eigenvalue weighted by Crippen LogP contribution is 2.26. The molecule has 3 aromatic rings. The average molecular weight is 376 g/mol. The molecule has 2 aliphatic rings. The van der Waals surface area contributed by atoms with E-state index < -0.39 is 0 Å². The van der Waals surface area contributed by atoms with E-state index in [1.54, 1.807) is 10.9 Å². The Kier molecular flexibility index (Phi) is 4.58.